The topological polar surface area (TPSA) is 80.9 Å². The van der Waals surface area contributed by atoms with E-state index in [1.54, 1.807) is 0 Å². The maximum Gasteiger partial charge on any atom is 0.128 e. The standard InChI is InChI=1S/C51H88O4/c1-38(2)23-15-11-19-27-44-31-42(9)32-45(28-20-12-16-24-39(3)4)48(44)51(55,50(35-52,36-53)37-54)49-46(29-21-13-17-25-40(5)6)33-43(10)34-47(49)30-22-14-18-26-41(7)8/h31-34,38-41,52-55H,11-30,35-37H2,1-10H3. The molecule has 0 saturated heterocycles. The van der Waals surface area contributed by atoms with E-state index in [1.165, 1.54) is 62.5 Å². The van der Waals surface area contributed by atoms with E-state index in [-0.39, 0.29) is 0 Å². The van der Waals surface area contributed by atoms with Gasteiger partial charge in [-0.2, -0.15) is 0 Å². The van der Waals surface area contributed by atoms with E-state index in [9.17, 15) is 20.4 Å². The van der Waals surface area contributed by atoms with Crippen LogP contribution in [0.1, 0.15) is 203 Å². The number of benzene rings is 2. The van der Waals surface area contributed by atoms with Crippen LogP contribution in [0.3, 0.4) is 0 Å². The second kappa shape index (κ2) is 25.6. The highest BCUT2D eigenvalue weighted by Gasteiger charge is 2.55. The largest absolute Gasteiger partial charge is 0.395 e. The maximum atomic E-state index is 14.2. The van der Waals surface area contributed by atoms with Gasteiger partial charge >= 0.3 is 0 Å². The summed E-state index contributed by atoms with van der Waals surface area (Å²) in [4.78, 5) is 0. The fourth-order valence-corrected chi connectivity index (χ4v) is 8.93. The molecule has 0 aliphatic heterocycles. The van der Waals surface area contributed by atoms with Crippen LogP contribution in [0.5, 0.6) is 0 Å². The van der Waals surface area contributed by atoms with Crippen LogP contribution in [0.2, 0.25) is 0 Å². The van der Waals surface area contributed by atoms with E-state index in [1.807, 2.05) is 0 Å². The van der Waals surface area contributed by atoms with Gasteiger partial charge in [0.2, 0.25) is 0 Å². The van der Waals surface area contributed by atoms with Crippen LogP contribution >= 0.6 is 0 Å². The van der Waals surface area contributed by atoms with E-state index >= 15 is 0 Å². The minimum atomic E-state index is -1.80. The van der Waals surface area contributed by atoms with Gasteiger partial charge in [-0.25, -0.2) is 0 Å². The van der Waals surface area contributed by atoms with E-state index in [2.05, 4.69) is 93.5 Å². The van der Waals surface area contributed by atoms with Gasteiger partial charge in [0.1, 0.15) is 5.60 Å². The predicted molar refractivity (Wildman–Crippen MR) is 237 cm³/mol. The van der Waals surface area contributed by atoms with Gasteiger partial charge in [-0.1, -0.05) is 168 Å². The van der Waals surface area contributed by atoms with Crippen LogP contribution in [-0.4, -0.2) is 40.2 Å². The lowest BCUT2D eigenvalue weighted by molar-refractivity contribution is -0.137. The summed E-state index contributed by atoms with van der Waals surface area (Å²) in [6.45, 7) is 21.1. The van der Waals surface area contributed by atoms with Gasteiger partial charge in [-0.05, 0) is 122 Å². The molecule has 2 aromatic carbocycles. The Morgan fingerprint density at radius 2 is 0.636 bits per heavy atom. The Labute approximate surface area is 340 Å². The SMILES string of the molecule is Cc1cc(CCCCCC(C)C)c(C(O)(c2c(CCCCCC(C)C)cc(C)cc2CCCCCC(C)C)C(CO)(CO)CO)c(CCCCCC(C)C)c1. The second-order valence-electron chi connectivity index (χ2n) is 19.4. The highest BCUT2D eigenvalue weighted by atomic mass is 16.3. The van der Waals surface area contributed by atoms with Crippen molar-refractivity contribution in [3.8, 4) is 0 Å². The monoisotopic (exact) mass is 765 g/mol. The molecule has 2 rings (SSSR count). The van der Waals surface area contributed by atoms with Gasteiger partial charge in [-0.15, -0.1) is 0 Å². The van der Waals surface area contributed by atoms with Crippen LogP contribution in [0.25, 0.3) is 0 Å². The summed E-state index contributed by atoms with van der Waals surface area (Å²) in [5.41, 5.74) is 5.09. The number of hydrogen-bond acceptors (Lipinski definition) is 4. The lowest BCUT2D eigenvalue weighted by Gasteiger charge is -2.48. The summed E-state index contributed by atoms with van der Waals surface area (Å²) < 4.78 is 0. The number of hydrogen-bond donors (Lipinski definition) is 4. The van der Waals surface area contributed by atoms with Crippen molar-refractivity contribution in [3.05, 3.63) is 68.8 Å². The molecular weight excluding hydrogens is 677 g/mol. The number of aryl methyl sites for hydroxylation is 6. The number of unbranched alkanes of at least 4 members (excludes halogenated alkanes) is 8. The van der Waals surface area contributed by atoms with Crippen LogP contribution in [0.15, 0.2) is 24.3 Å². The number of aliphatic hydroxyl groups excluding tert-OH is 3. The zero-order chi connectivity index (χ0) is 41.0. The van der Waals surface area contributed by atoms with Crippen LogP contribution in [0.4, 0.5) is 0 Å². The Hall–Kier alpha value is -1.72. The second-order valence-corrected chi connectivity index (χ2v) is 19.4. The summed E-state index contributed by atoms with van der Waals surface area (Å²) >= 11 is 0. The molecule has 0 aromatic heterocycles. The van der Waals surface area contributed by atoms with Crippen molar-refractivity contribution in [2.45, 2.75) is 203 Å². The van der Waals surface area contributed by atoms with E-state index in [0.29, 0.717) is 23.7 Å². The maximum absolute atomic E-state index is 14.2. The van der Waals surface area contributed by atoms with Crippen molar-refractivity contribution in [1.82, 2.24) is 0 Å². The van der Waals surface area contributed by atoms with Gasteiger partial charge in [0.05, 0.1) is 25.2 Å². The third kappa shape index (κ3) is 15.5. The molecule has 0 heterocycles. The summed E-state index contributed by atoms with van der Waals surface area (Å²) in [6.07, 6.45) is 21.3. The fraction of sp³-hybridized carbons (Fsp3) is 0.765. The third-order valence-corrected chi connectivity index (χ3v) is 12.2. The normalized spacial score (nSPS) is 12.7. The molecule has 0 atom stereocenters. The summed E-state index contributed by atoms with van der Waals surface area (Å²) in [6, 6.07) is 9.03. The first-order valence-corrected chi connectivity index (χ1v) is 23.0. The van der Waals surface area contributed by atoms with Gasteiger partial charge < -0.3 is 20.4 Å². The van der Waals surface area contributed by atoms with Crippen molar-refractivity contribution < 1.29 is 20.4 Å². The zero-order valence-corrected chi connectivity index (χ0v) is 37.7. The van der Waals surface area contributed by atoms with Crippen LogP contribution in [-0.2, 0) is 31.3 Å². The van der Waals surface area contributed by atoms with E-state index < -0.39 is 30.8 Å². The molecule has 0 aliphatic rings. The minimum absolute atomic E-state index is 0.526. The number of rotatable bonds is 30. The lowest BCUT2D eigenvalue weighted by atomic mass is 9.60. The summed E-state index contributed by atoms with van der Waals surface area (Å²) in [5.74, 6) is 2.70. The molecule has 0 aliphatic carbocycles. The molecular formula is C51H88O4. The molecule has 2 aromatic rings. The fourth-order valence-electron chi connectivity index (χ4n) is 8.93. The highest BCUT2D eigenvalue weighted by molar-refractivity contribution is 5.55. The van der Waals surface area contributed by atoms with Crippen molar-refractivity contribution in [2.24, 2.45) is 29.1 Å². The Morgan fingerprint density at radius 3 is 0.836 bits per heavy atom. The van der Waals surface area contributed by atoms with Crippen molar-refractivity contribution >= 4 is 0 Å². The molecule has 316 valence electrons. The minimum Gasteiger partial charge on any atom is -0.395 e. The van der Waals surface area contributed by atoms with E-state index in [4.69, 9.17) is 0 Å². The van der Waals surface area contributed by atoms with Crippen molar-refractivity contribution in [3.63, 3.8) is 0 Å². The molecule has 4 N–H and O–H groups in total. The molecule has 4 heteroatoms. The quantitative estimate of drug-likeness (QED) is 0.0597. The van der Waals surface area contributed by atoms with Crippen molar-refractivity contribution in [1.29, 1.82) is 0 Å². The smallest absolute Gasteiger partial charge is 0.128 e. The van der Waals surface area contributed by atoms with Gasteiger partial charge in [0.25, 0.3) is 0 Å². The average Bonchev–Trinajstić information content (AvgIpc) is 3.11. The van der Waals surface area contributed by atoms with Gasteiger partial charge in [0.15, 0.2) is 0 Å². The molecule has 0 amide bonds. The molecule has 0 spiro atoms. The number of aliphatic hydroxyl groups is 4. The molecule has 0 radical (unpaired) electrons. The Bertz CT molecular complexity index is 1160. The van der Waals surface area contributed by atoms with Gasteiger partial charge in [-0.3, -0.25) is 0 Å². The van der Waals surface area contributed by atoms with Crippen molar-refractivity contribution in [2.75, 3.05) is 19.8 Å². The first kappa shape index (κ1) is 49.4. The first-order valence-electron chi connectivity index (χ1n) is 23.0. The lowest BCUT2D eigenvalue weighted by Crippen LogP contribution is -2.55. The Morgan fingerprint density at radius 1 is 0.400 bits per heavy atom. The summed E-state index contributed by atoms with van der Waals surface area (Å²) in [7, 11) is 0. The third-order valence-electron chi connectivity index (χ3n) is 12.2. The highest BCUT2D eigenvalue weighted by Crippen LogP contribution is 2.51. The molecule has 0 bridgehead atoms. The zero-order valence-electron chi connectivity index (χ0n) is 37.7. The van der Waals surface area contributed by atoms with Gasteiger partial charge in [0, 0.05) is 0 Å². The molecule has 0 fully saturated rings. The average molecular weight is 765 g/mol. The predicted octanol–water partition coefficient (Wildman–Crippen LogP) is 12.5. The van der Waals surface area contributed by atoms with Crippen LogP contribution < -0.4 is 0 Å². The Balaban J connectivity index is 2.96. The first-order chi connectivity index (χ1) is 26.1. The molecule has 55 heavy (non-hydrogen) atoms. The van der Waals surface area contributed by atoms with E-state index in [0.717, 1.165) is 110 Å². The van der Waals surface area contributed by atoms with Crippen LogP contribution in [0, 0.1) is 42.9 Å². The Kier molecular flexibility index (Phi) is 23.0. The summed E-state index contributed by atoms with van der Waals surface area (Å²) in [5, 5.41) is 48.4. The molecule has 4 nitrogen and oxygen atoms in total. The molecule has 0 unspecified atom stereocenters. The molecule has 0 saturated carbocycles.